The van der Waals surface area contributed by atoms with Gasteiger partial charge in [-0.15, -0.1) is 0 Å². The highest BCUT2D eigenvalue weighted by molar-refractivity contribution is 6.32. The molecule has 2 aromatic rings. The summed E-state index contributed by atoms with van der Waals surface area (Å²) in [6.07, 6.45) is 0.929. The van der Waals surface area contributed by atoms with E-state index in [-0.39, 0.29) is 12.6 Å². The van der Waals surface area contributed by atoms with Crippen LogP contribution in [0.3, 0.4) is 0 Å². The molecular weight excluding hydrogens is 290 g/mol. The van der Waals surface area contributed by atoms with Crippen LogP contribution < -0.4 is 10.1 Å². The lowest BCUT2D eigenvalue weighted by Gasteiger charge is -2.08. The Labute approximate surface area is 129 Å². The van der Waals surface area contributed by atoms with Crippen LogP contribution in [0.1, 0.15) is 19.1 Å². The molecule has 0 unspecified atom stereocenters. The zero-order valence-corrected chi connectivity index (χ0v) is 13.1. The fourth-order valence-electron chi connectivity index (χ4n) is 2.12. The molecule has 0 saturated heterocycles. The van der Waals surface area contributed by atoms with E-state index in [1.165, 1.54) is 0 Å². The molecule has 0 bridgehead atoms. The number of hydrogen-bond donors (Lipinski definition) is 2. The third-order valence-corrected chi connectivity index (χ3v) is 3.80. The molecule has 1 aromatic carbocycles. The summed E-state index contributed by atoms with van der Waals surface area (Å²) in [6.45, 7) is 2.95. The van der Waals surface area contributed by atoms with Crippen LogP contribution in [0.25, 0.3) is 11.3 Å². The molecule has 3 N–H and O–H groups in total. The molecule has 4 nitrogen and oxygen atoms in total. The Bertz CT molecular complexity index is 579. The second-order valence-corrected chi connectivity index (χ2v) is 5.31. The molecule has 5 heteroatoms. The first-order valence-electron chi connectivity index (χ1n) is 7.04. The van der Waals surface area contributed by atoms with E-state index in [0.717, 1.165) is 23.5 Å². The number of benzene rings is 1. The number of rotatable bonds is 7. The predicted octanol–water partition coefficient (Wildman–Crippen LogP) is 2.44. The molecule has 21 heavy (non-hydrogen) atoms. The Kier molecular flexibility index (Phi) is 5.67. The summed E-state index contributed by atoms with van der Waals surface area (Å²) in [6, 6.07) is 9.67. The maximum atomic E-state index is 9.18. The Hall–Kier alpha value is -1.49. The Balaban J connectivity index is 2.07. The smallest absolute Gasteiger partial charge is 0.158 e. The maximum Gasteiger partial charge on any atom is 0.158 e. The third kappa shape index (κ3) is 4.00. The summed E-state index contributed by atoms with van der Waals surface area (Å²) in [4.78, 5) is 0. The number of halogens is 1. The Morgan fingerprint density at radius 2 is 2.14 bits per heavy atom. The maximum absolute atomic E-state index is 9.18. The van der Waals surface area contributed by atoms with Crippen LogP contribution in [0, 0.1) is 0 Å². The number of quaternary nitrogens is 1. The van der Waals surface area contributed by atoms with Gasteiger partial charge in [0.05, 0.1) is 18.7 Å². The molecule has 2 rings (SSSR count). The number of aliphatic hydroxyl groups is 1. The number of hydrogen-bond acceptors (Lipinski definition) is 3. The normalized spacial score (nSPS) is 12.4. The minimum atomic E-state index is 0.179. The van der Waals surface area contributed by atoms with Gasteiger partial charge in [-0.3, -0.25) is 0 Å². The Morgan fingerprint density at radius 1 is 1.33 bits per heavy atom. The molecule has 114 valence electrons. The van der Waals surface area contributed by atoms with Gasteiger partial charge in [0.15, 0.2) is 5.76 Å². The highest BCUT2D eigenvalue weighted by Crippen LogP contribution is 2.30. The van der Waals surface area contributed by atoms with Gasteiger partial charge in [-0.05, 0) is 36.8 Å². The van der Waals surface area contributed by atoms with E-state index in [9.17, 15) is 5.11 Å². The quantitative estimate of drug-likeness (QED) is 0.826. The van der Waals surface area contributed by atoms with Crippen LogP contribution in [0.15, 0.2) is 34.7 Å². The molecule has 0 fully saturated rings. The van der Waals surface area contributed by atoms with Crippen molar-refractivity contribution in [2.45, 2.75) is 25.9 Å². The van der Waals surface area contributed by atoms with Gasteiger partial charge in [-0.1, -0.05) is 18.5 Å². The van der Waals surface area contributed by atoms with Crippen molar-refractivity contribution in [1.82, 2.24) is 0 Å². The second kappa shape index (κ2) is 7.50. The minimum absolute atomic E-state index is 0.179. The van der Waals surface area contributed by atoms with E-state index in [0.29, 0.717) is 17.3 Å². The van der Waals surface area contributed by atoms with Crippen molar-refractivity contribution in [1.29, 1.82) is 0 Å². The molecule has 1 atom stereocenters. The van der Waals surface area contributed by atoms with Gasteiger partial charge < -0.3 is 19.6 Å². The summed E-state index contributed by atoms with van der Waals surface area (Å²) < 4.78 is 11.0. The summed E-state index contributed by atoms with van der Waals surface area (Å²) in [5, 5.41) is 11.8. The molecule has 0 radical (unpaired) electrons. The van der Waals surface area contributed by atoms with Crippen molar-refractivity contribution < 1.29 is 19.6 Å². The second-order valence-electron chi connectivity index (χ2n) is 4.91. The van der Waals surface area contributed by atoms with Crippen molar-refractivity contribution >= 4 is 11.6 Å². The van der Waals surface area contributed by atoms with Crippen LogP contribution in [0.2, 0.25) is 5.02 Å². The average Bonchev–Trinajstić information content (AvgIpc) is 2.97. The molecule has 0 amide bonds. The largest absolute Gasteiger partial charge is 0.495 e. The number of furan rings is 1. The van der Waals surface area contributed by atoms with Gasteiger partial charge in [-0.2, -0.15) is 0 Å². The highest BCUT2D eigenvalue weighted by atomic mass is 35.5. The molecule has 1 heterocycles. The van der Waals surface area contributed by atoms with Crippen LogP contribution in [0.5, 0.6) is 5.75 Å². The van der Waals surface area contributed by atoms with Gasteiger partial charge in [-0.25, -0.2) is 0 Å². The zero-order chi connectivity index (χ0) is 15.2. The fourth-order valence-corrected chi connectivity index (χ4v) is 2.37. The van der Waals surface area contributed by atoms with E-state index in [1.54, 1.807) is 7.11 Å². The molecule has 0 aliphatic heterocycles. The molecule has 0 aliphatic carbocycles. The molecular formula is C16H21ClNO3+. The lowest BCUT2D eigenvalue weighted by atomic mass is 10.2. The lowest BCUT2D eigenvalue weighted by molar-refractivity contribution is -0.707. The number of aliphatic hydroxyl groups excluding tert-OH is 1. The monoisotopic (exact) mass is 310 g/mol. The SMILES string of the molecule is CC[C@H](CO)[NH2+]Cc1ccc(-c2ccc(OC)c(Cl)c2)o1. The number of methoxy groups -OCH3 is 1. The molecule has 1 aromatic heterocycles. The average molecular weight is 311 g/mol. The van der Waals surface area contributed by atoms with Crippen LogP contribution in [-0.2, 0) is 6.54 Å². The molecule has 0 spiro atoms. The van der Waals surface area contributed by atoms with Gasteiger partial charge >= 0.3 is 0 Å². The van der Waals surface area contributed by atoms with Crippen LogP contribution in [-0.4, -0.2) is 24.9 Å². The van der Waals surface area contributed by atoms with Crippen molar-refractivity contribution in [2.24, 2.45) is 0 Å². The van der Waals surface area contributed by atoms with Gasteiger partial charge in [0.1, 0.15) is 24.1 Å². The zero-order valence-electron chi connectivity index (χ0n) is 12.3. The van der Waals surface area contributed by atoms with Gasteiger partial charge in [0.25, 0.3) is 0 Å². The predicted molar refractivity (Wildman–Crippen MR) is 82.5 cm³/mol. The standard InChI is InChI=1S/C16H20ClNO3/c1-3-12(10-19)18-9-13-5-7-15(21-13)11-4-6-16(20-2)14(17)8-11/h4-8,12,18-19H,3,9-10H2,1-2H3/p+1/t12-/m1/s1. The molecule has 0 saturated carbocycles. The van der Waals surface area contributed by atoms with E-state index >= 15 is 0 Å². The third-order valence-electron chi connectivity index (χ3n) is 3.51. The van der Waals surface area contributed by atoms with Gasteiger partial charge in [0.2, 0.25) is 0 Å². The summed E-state index contributed by atoms with van der Waals surface area (Å²) in [7, 11) is 1.59. The summed E-state index contributed by atoms with van der Waals surface area (Å²) in [5.74, 6) is 2.30. The topological polar surface area (TPSA) is 59.2 Å². The number of ether oxygens (including phenoxy) is 1. The fraction of sp³-hybridized carbons (Fsp3) is 0.375. The van der Waals surface area contributed by atoms with E-state index in [4.69, 9.17) is 20.8 Å². The Morgan fingerprint density at radius 3 is 2.76 bits per heavy atom. The van der Waals surface area contributed by atoms with Gasteiger partial charge in [0, 0.05) is 5.56 Å². The van der Waals surface area contributed by atoms with Crippen LogP contribution >= 0.6 is 11.6 Å². The number of nitrogens with two attached hydrogens (primary N) is 1. The summed E-state index contributed by atoms with van der Waals surface area (Å²) >= 11 is 6.13. The summed E-state index contributed by atoms with van der Waals surface area (Å²) in [5.41, 5.74) is 0.918. The van der Waals surface area contributed by atoms with E-state index in [2.05, 4.69) is 12.2 Å². The first-order valence-corrected chi connectivity index (χ1v) is 7.42. The van der Waals surface area contributed by atoms with Crippen molar-refractivity contribution in [2.75, 3.05) is 13.7 Å². The molecule has 0 aliphatic rings. The van der Waals surface area contributed by atoms with E-state index < -0.39 is 0 Å². The highest BCUT2D eigenvalue weighted by Gasteiger charge is 2.11. The van der Waals surface area contributed by atoms with Crippen LogP contribution in [0.4, 0.5) is 0 Å². The van der Waals surface area contributed by atoms with E-state index in [1.807, 2.05) is 30.3 Å². The van der Waals surface area contributed by atoms with Crippen molar-refractivity contribution in [3.63, 3.8) is 0 Å². The first kappa shape index (κ1) is 15.9. The first-order chi connectivity index (χ1) is 10.2. The lowest BCUT2D eigenvalue weighted by Crippen LogP contribution is -2.89. The van der Waals surface area contributed by atoms with Crippen molar-refractivity contribution in [3.05, 3.63) is 41.1 Å². The minimum Gasteiger partial charge on any atom is -0.495 e. The van der Waals surface area contributed by atoms with Crippen molar-refractivity contribution in [3.8, 4) is 17.1 Å².